The molecule has 1 saturated carbocycles. The first kappa shape index (κ1) is 14.3. The molecule has 0 unspecified atom stereocenters. The quantitative estimate of drug-likeness (QED) is 0.823. The Bertz CT molecular complexity index is 453. The average molecular weight is 280 g/mol. The van der Waals surface area contributed by atoms with E-state index >= 15 is 0 Å². The van der Waals surface area contributed by atoms with Crippen molar-refractivity contribution < 1.29 is 4.39 Å². The van der Waals surface area contributed by atoms with Crippen LogP contribution in [0.5, 0.6) is 0 Å². The number of benzene rings is 1. The summed E-state index contributed by atoms with van der Waals surface area (Å²) in [5.41, 5.74) is 6.62. The maximum atomic E-state index is 13.9. The van der Waals surface area contributed by atoms with E-state index < -0.39 is 0 Å². The lowest BCUT2D eigenvalue weighted by Crippen LogP contribution is -2.26. The number of anilines is 1. The van der Waals surface area contributed by atoms with Crippen LogP contribution < -0.4 is 11.1 Å². The van der Waals surface area contributed by atoms with Crippen LogP contribution in [0.4, 0.5) is 10.1 Å². The van der Waals surface area contributed by atoms with Gasteiger partial charge in [0, 0.05) is 11.6 Å². The molecule has 2 nitrogen and oxygen atoms in total. The summed E-state index contributed by atoms with van der Waals surface area (Å²) in [6, 6.07) is 5.29. The summed E-state index contributed by atoms with van der Waals surface area (Å²) in [4.78, 5) is 0.230. The minimum Gasteiger partial charge on any atom is -0.389 e. The van der Waals surface area contributed by atoms with Gasteiger partial charge in [0.2, 0.25) is 0 Å². The summed E-state index contributed by atoms with van der Waals surface area (Å²) in [6.45, 7) is 2.24. The van der Waals surface area contributed by atoms with Gasteiger partial charge in [-0.3, -0.25) is 0 Å². The van der Waals surface area contributed by atoms with Crippen molar-refractivity contribution in [3.8, 4) is 0 Å². The van der Waals surface area contributed by atoms with Crippen molar-refractivity contribution in [1.82, 2.24) is 0 Å². The summed E-state index contributed by atoms with van der Waals surface area (Å²) in [6.07, 6.45) is 5.97. The number of hydrogen-bond acceptors (Lipinski definition) is 2. The van der Waals surface area contributed by atoms with E-state index in [9.17, 15) is 4.39 Å². The van der Waals surface area contributed by atoms with Gasteiger partial charge in [-0.25, -0.2) is 4.39 Å². The number of rotatable bonds is 4. The molecule has 4 heteroatoms. The van der Waals surface area contributed by atoms with E-state index in [-0.39, 0.29) is 10.8 Å². The highest BCUT2D eigenvalue weighted by atomic mass is 32.1. The SMILES string of the molecule is CCC1CCC(Nc2ccc(C(N)=S)cc2F)CC1. The van der Waals surface area contributed by atoms with Gasteiger partial charge in [0.05, 0.1) is 5.69 Å². The Morgan fingerprint density at radius 2 is 2.05 bits per heavy atom. The molecule has 0 spiro atoms. The van der Waals surface area contributed by atoms with Gasteiger partial charge in [0.25, 0.3) is 0 Å². The first-order valence-electron chi connectivity index (χ1n) is 6.96. The lowest BCUT2D eigenvalue weighted by atomic mass is 9.84. The molecule has 0 bridgehead atoms. The van der Waals surface area contributed by atoms with Crippen LogP contribution in [0.25, 0.3) is 0 Å². The first-order valence-corrected chi connectivity index (χ1v) is 7.37. The van der Waals surface area contributed by atoms with E-state index in [1.165, 1.54) is 25.3 Å². The van der Waals surface area contributed by atoms with E-state index in [0.29, 0.717) is 17.3 Å². The molecular weight excluding hydrogens is 259 g/mol. The fourth-order valence-corrected chi connectivity index (χ4v) is 2.85. The zero-order valence-electron chi connectivity index (χ0n) is 11.3. The molecule has 0 aliphatic heterocycles. The number of halogens is 1. The molecule has 104 valence electrons. The second kappa shape index (κ2) is 6.33. The van der Waals surface area contributed by atoms with Gasteiger partial charge in [-0.2, -0.15) is 0 Å². The standard InChI is InChI=1S/C15H21FN2S/c1-2-10-3-6-12(7-4-10)18-14-8-5-11(15(17)19)9-13(14)16/h5,8-10,12,18H,2-4,6-7H2,1H3,(H2,17,19). The number of hydrogen-bond donors (Lipinski definition) is 2. The van der Waals surface area contributed by atoms with Crippen molar-refractivity contribution in [3.63, 3.8) is 0 Å². The lowest BCUT2D eigenvalue weighted by molar-refractivity contribution is 0.329. The van der Waals surface area contributed by atoms with Crippen molar-refractivity contribution in [2.75, 3.05) is 5.32 Å². The second-order valence-electron chi connectivity index (χ2n) is 5.33. The van der Waals surface area contributed by atoms with Crippen LogP contribution in [0.15, 0.2) is 18.2 Å². The van der Waals surface area contributed by atoms with Gasteiger partial charge in [-0.1, -0.05) is 25.6 Å². The Morgan fingerprint density at radius 1 is 1.37 bits per heavy atom. The van der Waals surface area contributed by atoms with Crippen LogP contribution in [0, 0.1) is 11.7 Å². The fraction of sp³-hybridized carbons (Fsp3) is 0.533. The van der Waals surface area contributed by atoms with Gasteiger partial charge >= 0.3 is 0 Å². The Hall–Kier alpha value is -1.16. The van der Waals surface area contributed by atoms with Gasteiger partial charge in [0.15, 0.2) is 0 Å². The minimum atomic E-state index is -0.275. The molecule has 0 saturated heterocycles. The van der Waals surface area contributed by atoms with Crippen LogP contribution >= 0.6 is 12.2 Å². The van der Waals surface area contributed by atoms with Crippen molar-refractivity contribution >= 4 is 22.9 Å². The van der Waals surface area contributed by atoms with Crippen molar-refractivity contribution in [2.24, 2.45) is 11.7 Å². The summed E-state index contributed by atoms with van der Waals surface area (Å²) < 4.78 is 13.9. The normalized spacial score (nSPS) is 23.1. The van der Waals surface area contributed by atoms with Gasteiger partial charge in [0.1, 0.15) is 10.8 Å². The maximum Gasteiger partial charge on any atom is 0.146 e. The molecule has 0 aromatic heterocycles. The third-order valence-electron chi connectivity index (χ3n) is 4.04. The highest BCUT2D eigenvalue weighted by Crippen LogP contribution is 2.29. The Kier molecular flexibility index (Phi) is 4.75. The largest absolute Gasteiger partial charge is 0.389 e. The van der Waals surface area contributed by atoms with Crippen LogP contribution in [0.3, 0.4) is 0 Å². The van der Waals surface area contributed by atoms with Crippen LogP contribution in [0.1, 0.15) is 44.6 Å². The van der Waals surface area contributed by atoms with E-state index in [0.717, 1.165) is 18.8 Å². The number of nitrogens with one attached hydrogen (secondary N) is 1. The maximum absolute atomic E-state index is 13.9. The second-order valence-corrected chi connectivity index (χ2v) is 5.77. The molecular formula is C15H21FN2S. The first-order chi connectivity index (χ1) is 9.10. The Morgan fingerprint density at radius 3 is 2.58 bits per heavy atom. The predicted molar refractivity (Wildman–Crippen MR) is 81.9 cm³/mol. The molecule has 0 atom stereocenters. The van der Waals surface area contributed by atoms with Gasteiger partial charge < -0.3 is 11.1 Å². The van der Waals surface area contributed by atoms with E-state index in [1.807, 2.05) is 0 Å². The molecule has 1 aromatic carbocycles. The Labute approximate surface area is 119 Å². The third-order valence-corrected chi connectivity index (χ3v) is 4.27. The average Bonchev–Trinajstić information content (AvgIpc) is 2.41. The molecule has 1 fully saturated rings. The summed E-state index contributed by atoms with van der Waals surface area (Å²) in [7, 11) is 0. The van der Waals surface area contributed by atoms with Gasteiger partial charge in [-0.15, -0.1) is 0 Å². The van der Waals surface area contributed by atoms with E-state index in [1.54, 1.807) is 12.1 Å². The van der Waals surface area contributed by atoms with E-state index in [2.05, 4.69) is 12.2 Å². The monoisotopic (exact) mass is 280 g/mol. The molecule has 2 rings (SSSR count). The predicted octanol–water partition coefficient (Wildman–Crippen LogP) is 3.84. The summed E-state index contributed by atoms with van der Waals surface area (Å²) in [5.74, 6) is 0.572. The van der Waals surface area contributed by atoms with Crippen LogP contribution in [-0.4, -0.2) is 11.0 Å². The molecule has 0 amide bonds. The van der Waals surface area contributed by atoms with Crippen molar-refractivity contribution in [2.45, 2.75) is 45.1 Å². The molecule has 1 aromatic rings. The molecule has 3 N–H and O–H groups in total. The van der Waals surface area contributed by atoms with Crippen LogP contribution in [-0.2, 0) is 0 Å². The van der Waals surface area contributed by atoms with Crippen LogP contribution in [0.2, 0.25) is 0 Å². The molecule has 19 heavy (non-hydrogen) atoms. The minimum absolute atomic E-state index is 0.230. The zero-order valence-corrected chi connectivity index (χ0v) is 12.1. The fourth-order valence-electron chi connectivity index (χ4n) is 2.72. The van der Waals surface area contributed by atoms with Gasteiger partial charge in [-0.05, 0) is 49.8 Å². The van der Waals surface area contributed by atoms with Crippen molar-refractivity contribution in [3.05, 3.63) is 29.6 Å². The summed E-state index contributed by atoms with van der Waals surface area (Å²) >= 11 is 4.84. The molecule has 0 radical (unpaired) electrons. The van der Waals surface area contributed by atoms with E-state index in [4.69, 9.17) is 18.0 Å². The summed E-state index contributed by atoms with van der Waals surface area (Å²) in [5, 5.41) is 3.30. The van der Waals surface area contributed by atoms with Crippen molar-refractivity contribution in [1.29, 1.82) is 0 Å². The highest BCUT2D eigenvalue weighted by molar-refractivity contribution is 7.80. The molecule has 0 heterocycles. The highest BCUT2D eigenvalue weighted by Gasteiger charge is 2.20. The Balaban J connectivity index is 1.98. The number of nitrogens with two attached hydrogens (primary N) is 1. The lowest BCUT2D eigenvalue weighted by Gasteiger charge is -2.29. The number of thiocarbonyl (C=S) groups is 1. The smallest absolute Gasteiger partial charge is 0.146 e. The molecule has 1 aliphatic rings. The zero-order chi connectivity index (χ0) is 13.8. The topological polar surface area (TPSA) is 38.0 Å². The molecule has 1 aliphatic carbocycles. The third kappa shape index (κ3) is 3.66.